The van der Waals surface area contributed by atoms with Crippen LogP contribution in [-0.2, 0) is 30.2 Å². The first kappa shape index (κ1) is 36.6. The van der Waals surface area contributed by atoms with Crippen molar-refractivity contribution in [2.75, 3.05) is 19.8 Å². The summed E-state index contributed by atoms with van der Waals surface area (Å²) in [5, 5.41) is 71.2. The molecule has 0 aliphatic carbocycles. The summed E-state index contributed by atoms with van der Waals surface area (Å²) >= 11 is 0. The van der Waals surface area contributed by atoms with Gasteiger partial charge in [0.25, 0.3) is 0 Å². The van der Waals surface area contributed by atoms with Crippen LogP contribution in [-0.4, -0.2) is 123 Å². The Balaban J connectivity index is 1.49. The smallest absolute Gasteiger partial charge is 0.305 e. The fourth-order valence-corrected chi connectivity index (χ4v) is 5.31. The minimum absolute atomic E-state index is 0.209. The van der Waals surface area contributed by atoms with Gasteiger partial charge in [0.1, 0.15) is 54.6 Å². The zero-order valence-electron chi connectivity index (χ0n) is 25.7. The third kappa shape index (κ3) is 10.0. The van der Waals surface area contributed by atoms with Crippen LogP contribution in [0.1, 0.15) is 63.5 Å². The minimum Gasteiger partial charge on any atom is -0.465 e. The number of hydrogen-bond acceptors (Lipinski definition) is 13. The zero-order valence-corrected chi connectivity index (χ0v) is 25.7. The monoisotopic (exact) mass is 630 g/mol. The molecule has 7 N–H and O–H groups in total. The summed E-state index contributed by atoms with van der Waals surface area (Å²) < 4.78 is 27.8. The Hall–Kier alpha value is -1.91. The van der Waals surface area contributed by atoms with E-state index in [2.05, 4.69) is 13.8 Å². The summed E-state index contributed by atoms with van der Waals surface area (Å²) in [5.74, 6) is 0.843. The van der Waals surface area contributed by atoms with Crippen LogP contribution in [0.4, 0.5) is 0 Å². The van der Waals surface area contributed by atoms with Gasteiger partial charge in [-0.05, 0) is 36.5 Å². The van der Waals surface area contributed by atoms with Gasteiger partial charge < -0.3 is 59.4 Å². The van der Waals surface area contributed by atoms with Crippen molar-refractivity contribution < 1.29 is 64.2 Å². The first-order valence-corrected chi connectivity index (χ1v) is 15.5. The van der Waals surface area contributed by atoms with Crippen LogP contribution in [0.25, 0.3) is 0 Å². The predicted molar refractivity (Wildman–Crippen MR) is 155 cm³/mol. The maximum atomic E-state index is 12.1. The molecular weight excluding hydrogens is 580 g/mol. The molecule has 0 bridgehead atoms. The van der Waals surface area contributed by atoms with Gasteiger partial charge in [0.05, 0.1) is 19.8 Å². The second-order valence-corrected chi connectivity index (χ2v) is 12.0. The third-order valence-corrected chi connectivity index (χ3v) is 8.01. The fourth-order valence-electron chi connectivity index (χ4n) is 5.31. The van der Waals surface area contributed by atoms with Crippen LogP contribution >= 0.6 is 0 Å². The summed E-state index contributed by atoms with van der Waals surface area (Å²) in [4.78, 5) is 12.1. The molecule has 44 heavy (non-hydrogen) atoms. The highest BCUT2D eigenvalue weighted by atomic mass is 16.7. The van der Waals surface area contributed by atoms with Crippen molar-refractivity contribution in [2.45, 2.75) is 127 Å². The number of carbonyl (C=O) groups is 1. The summed E-state index contributed by atoms with van der Waals surface area (Å²) in [6.07, 6.45) is -9.05. The molecule has 10 atom stereocenters. The Morgan fingerprint density at radius 1 is 0.841 bits per heavy atom. The number of unbranched alkanes of at least 4 members (excludes halogenated alkanes) is 3. The minimum atomic E-state index is -1.75. The van der Waals surface area contributed by atoms with E-state index in [9.17, 15) is 40.5 Å². The van der Waals surface area contributed by atoms with Crippen molar-refractivity contribution in [3.63, 3.8) is 0 Å². The molecule has 10 unspecified atom stereocenters. The molecule has 13 heteroatoms. The van der Waals surface area contributed by atoms with Gasteiger partial charge in [0.15, 0.2) is 6.29 Å². The van der Waals surface area contributed by atoms with E-state index in [1.54, 1.807) is 19.1 Å². The van der Waals surface area contributed by atoms with Gasteiger partial charge in [0, 0.05) is 12.8 Å². The first-order chi connectivity index (χ1) is 21.0. The van der Waals surface area contributed by atoms with E-state index in [0.717, 1.165) is 24.8 Å². The van der Waals surface area contributed by atoms with Gasteiger partial charge >= 0.3 is 5.97 Å². The van der Waals surface area contributed by atoms with Crippen LogP contribution in [0, 0.1) is 12.8 Å². The zero-order chi connectivity index (χ0) is 32.4. The molecule has 0 spiro atoms. The Labute approximate surface area is 258 Å². The van der Waals surface area contributed by atoms with E-state index in [1.165, 1.54) is 12.8 Å². The van der Waals surface area contributed by atoms with E-state index < -0.39 is 74.6 Å². The summed E-state index contributed by atoms with van der Waals surface area (Å²) in [6, 6.07) is 5.29. The maximum absolute atomic E-state index is 12.1. The Morgan fingerprint density at radius 3 is 2.16 bits per heavy atom. The highest BCUT2D eigenvalue weighted by molar-refractivity contribution is 5.69. The lowest BCUT2D eigenvalue weighted by Crippen LogP contribution is -2.65. The summed E-state index contributed by atoms with van der Waals surface area (Å²) in [6.45, 7) is 5.10. The van der Waals surface area contributed by atoms with Gasteiger partial charge in [-0.2, -0.15) is 0 Å². The molecule has 2 aliphatic heterocycles. The van der Waals surface area contributed by atoms with Crippen molar-refractivity contribution in [1.29, 1.82) is 0 Å². The number of benzene rings is 1. The van der Waals surface area contributed by atoms with Crippen LogP contribution in [0.3, 0.4) is 0 Å². The van der Waals surface area contributed by atoms with Crippen LogP contribution < -0.4 is 4.74 Å². The molecule has 3 rings (SSSR count). The number of ether oxygens (including phenoxy) is 5. The number of rotatable bonds is 16. The molecule has 1 aromatic rings. The van der Waals surface area contributed by atoms with Gasteiger partial charge in [0.2, 0.25) is 6.29 Å². The number of hydrogen-bond donors (Lipinski definition) is 7. The average molecular weight is 631 g/mol. The molecular formula is C31H50O13. The second kappa shape index (κ2) is 17.7. The van der Waals surface area contributed by atoms with Crippen molar-refractivity contribution in [2.24, 2.45) is 5.92 Å². The number of aryl methyl sites for hydroxylation is 1. The fraction of sp³-hybridized carbons (Fsp3) is 0.774. The molecule has 2 saturated heterocycles. The molecule has 0 saturated carbocycles. The van der Waals surface area contributed by atoms with E-state index in [1.807, 2.05) is 6.07 Å². The average Bonchev–Trinajstić information content (AvgIpc) is 2.99. The van der Waals surface area contributed by atoms with Gasteiger partial charge in [-0.25, -0.2) is 0 Å². The number of aliphatic hydroxyl groups excluding tert-OH is 7. The van der Waals surface area contributed by atoms with E-state index in [4.69, 9.17) is 23.7 Å². The van der Waals surface area contributed by atoms with Crippen molar-refractivity contribution in [3.8, 4) is 5.75 Å². The Morgan fingerprint density at radius 2 is 1.50 bits per heavy atom. The lowest BCUT2D eigenvalue weighted by molar-refractivity contribution is -0.352. The van der Waals surface area contributed by atoms with Crippen molar-refractivity contribution >= 4 is 5.97 Å². The standard InChI is InChI=1S/C31H50O13/c1-17(2)8-6-4-5-7-9-23(34)40-13-12-19-10-11-20(18(3)14-19)41-30-28(39)26(37)29(22(16-33)43-30)44-31-27(38)25(36)24(35)21(15-32)42-31/h10-11,14,17,21-22,24-33,35-39H,4-9,12-13,15-16H2,1-3H3. The molecule has 2 heterocycles. The second-order valence-electron chi connectivity index (χ2n) is 12.0. The number of esters is 1. The maximum Gasteiger partial charge on any atom is 0.305 e. The number of carbonyl (C=O) groups excluding carboxylic acids is 1. The molecule has 0 amide bonds. The van der Waals surface area contributed by atoms with E-state index >= 15 is 0 Å². The molecule has 2 aliphatic rings. The largest absolute Gasteiger partial charge is 0.465 e. The SMILES string of the molecule is Cc1cc(CCOC(=O)CCCCCCC(C)C)ccc1OC1OC(CO)C(OC2OC(CO)C(O)C(O)C2O)C(O)C1O. The molecule has 252 valence electrons. The predicted octanol–water partition coefficient (Wildman–Crippen LogP) is 0.0802. The topological polar surface area (TPSA) is 205 Å². The highest BCUT2D eigenvalue weighted by Crippen LogP contribution is 2.31. The quantitative estimate of drug-likeness (QED) is 0.0956. The van der Waals surface area contributed by atoms with Crippen LogP contribution in [0.5, 0.6) is 5.75 Å². The van der Waals surface area contributed by atoms with Gasteiger partial charge in [-0.1, -0.05) is 51.7 Å². The lowest BCUT2D eigenvalue weighted by Gasteiger charge is -2.45. The normalized spacial score (nSPS) is 32.5. The highest BCUT2D eigenvalue weighted by Gasteiger charge is 2.51. The summed E-state index contributed by atoms with van der Waals surface area (Å²) in [5.41, 5.74) is 1.60. The molecule has 2 fully saturated rings. The van der Waals surface area contributed by atoms with Crippen molar-refractivity contribution in [3.05, 3.63) is 29.3 Å². The molecule has 0 radical (unpaired) electrons. The van der Waals surface area contributed by atoms with E-state index in [-0.39, 0.29) is 12.6 Å². The number of aliphatic hydroxyl groups is 7. The first-order valence-electron chi connectivity index (χ1n) is 15.5. The van der Waals surface area contributed by atoms with Crippen LogP contribution in [0.15, 0.2) is 18.2 Å². The van der Waals surface area contributed by atoms with Crippen molar-refractivity contribution in [1.82, 2.24) is 0 Å². The van der Waals surface area contributed by atoms with E-state index in [0.29, 0.717) is 30.1 Å². The Kier molecular flexibility index (Phi) is 14.7. The van der Waals surface area contributed by atoms with Gasteiger partial charge in [-0.15, -0.1) is 0 Å². The lowest BCUT2D eigenvalue weighted by atomic mass is 9.97. The molecule has 0 aromatic heterocycles. The third-order valence-electron chi connectivity index (χ3n) is 8.01. The summed E-state index contributed by atoms with van der Waals surface area (Å²) in [7, 11) is 0. The van der Waals surface area contributed by atoms with Gasteiger partial charge in [-0.3, -0.25) is 4.79 Å². The van der Waals surface area contributed by atoms with Crippen LogP contribution in [0.2, 0.25) is 0 Å². The Bertz CT molecular complexity index is 1000. The molecule has 13 nitrogen and oxygen atoms in total. The molecule has 1 aromatic carbocycles.